The van der Waals surface area contributed by atoms with E-state index in [1.165, 1.54) is 24.0 Å². The van der Waals surface area contributed by atoms with Crippen molar-refractivity contribution in [2.75, 3.05) is 0 Å². The molecule has 0 aliphatic heterocycles. The molecule has 0 aliphatic rings. The molecule has 18 heavy (non-hydrogen) atoms. The monoisotopic (exact) mass is 266 g/mol. The molecule has 2 heterocycles. The molecule has 0 atom stereocenters. The van der Waals surface area contributed by atoms with Gasteiger partial charge in [0.1, 0.15) is 0 Å². The van der Waals surface area contributed by atoms with E-state index in [-0.39, 0.29) is 11.9 Å². The second-order valence-corrected chi connectivity index (χ2v) is 4.75. The van der Waals surface area contributed by atoms with Crippen LogP contribution in [0.2, 0.25) is 0 Å². The molecule has 2 aromatic heterocycles. The molecule has 0 amide bonds. The van der Waals surface area contributed by atoms with Gasteiger partial charge in [0.25, 0.3) is 0 Å². The van der Waals surface area contributed by atoms with E-state index in [0.29, 0.717) is 5.16 Å². The van der Waals surface area contributed by atoms with Crippen LogP contribution in [0.5, 0.6) is 0 Å². The van der Waals surface area contributed by atoms with Crippen molar-refractivity contribution < 1.29 is 4.92 Å². The summed E-state index contributed by atoms with van der Waals surface area (Å²) in [5.74, 6) is -0.178. The normalized spacial score (nSPS) is 10.8. The molecule has 8 nitrogen and oxygen atoms in total. The van der Waals surface area contributed by atoms with Crippen LogP contribution >= 0.6 is 11.8 Å². The summed E-state index contributed by atoms with van der Waals surface area (Å²) in [4.78, 5) is 14.4. The van der Waals surface area contributed by atoms with E-state index in [1.807, 2.05) is 13.8 Å². The first-order valence-corrected chi connectivity index (χ1v) is 5.95. The highest BCUT2D eigenvalue weighted by Gasteiger charge is 2.13. The van der Waals surface area contributed by atoms with Crippen molar-refractivity contribution in [2.45, 2.75) is 29.9 Å². The van der Waals surface area contributed by atoms with E-state index in [0.717, 1.165) is 4.90 Å². The minimum absolute atomic E-state index is 0.147. The van der Waals surface area contributed by atoms with Gasteiger partial charge in [-0.15, -0.1) is 5.10 Å². The van der Waals surface area contributed by atoms with Crippen LogP contribution < -0.4 is 0 Å². The van der Waals surface area contributed by atoms with Crippen molar-refractivity contribution in [1.29, 1.82) is 0 Å². The second kappa shape index (κ2) is 5.08. The Labute approximate surface area is 107 Å². The fourth-order valence-electron chi connectivity index (χ4n) is 1.22. The Bertz CT molecular complexity index is 552. The molecular weight excluding hydrogens is 256 g/mol. The van der Waals surface area contributed by atoms with Gasteiger partial charge in [-0.1, -0.05) is 0 Å². The zero-order chi connectivity index (χ0) is 13.1. The summed E-state index contributed by atoms with van der Waals surface area (Å²) >= 11 is 1.31. The van der Waals surface area contributed by atoms with Gasteiger partial charge in [-0.25, -0.2) is 4.68 Å². The average Bonchev–Trinajstić information content (AvgIpc) is 2.78. The SMILES string of the molecule is CC(C)n1nnnc1Sc1ccc([N+](=O)[O-])nc1. The highest BCUT2D eigenvalue weighted by Crippen LogP contribution is 2.26. The maximum absolute atomic E-state index is 10.5. The van der Waals surface area contributed by atoms with Gasteiger partial charge in [0.15, 0.2) is 6.20 Å². The van der Waals surface area contributed by atoms with Gasteiger partial charge in [0.05, 0.1) is 10.9 Å². The molecular formula is C9H10N6O2S. The van der Waals surface area contributed by atoms with Gasteiger partial charge < -0.3 is 10.1 Å². The molecule has 2 aromatic rings. The van der Waals surface area contributed by atoms with Crippen LogP contribution in [0.4, 0.5) is 5.82 Å². The molecule has 0 spiro atoms. The standard InChI is InChI=1S/C9H10N6O2S/c1-6(2)14-9(11-12-13-14)18-7-3-4-8(10-5-7)15(16)17/h3-6H,1-2H3. The molecule has 0 fully saturated rings. The van der Waals surface area contributed by atoms with E-state index < -0.39 is 4.92 Å². The largest absolute Gasteiger partial charge is 0.363 e. The van der Waals surface area contributed by atoms with Crippen LogP contribution in [-0.2, 0) is 0 Å². The smallest absolute Gasteiger partial charge is 0.358 e. The van der Waals surface area contributed by atoms with E-state index in [9.17, 15) is 10.1 Å². The van der Waals surface area contributed by atoms with Crippen LogP contribution in [0.1, 0.15) is 19.9 Å². The van der Waals surface area contributed by atoms with Crippen LogP contribution in [0.15, 0.2) is 28.4 Å². The zero-order valence-electron chi connectivity index (χ0n) is 9.72. The number of nitro groups is 1. The molecule has 2 rings (SSSR count). The van der Waals surface area contributed by atoms with Crippen LogP contribution in [0.25, 0.3) is 0 Å². The number of tetrazole rings is 1. The highest BCUT2D eigenvalue weighted by atomic mass is 32.2. The molecule has 0 unspecified atom stereocenters. The summed E-state index contributed by atoms with van der Waals surface area (Å²) < 4.78 is 1.67. The molecule has 0 saturated carbocycles. The van der Waals surface area contributed by atoms with Gasteiger partial charge in [-0.05, 0) is 52.0 Å². The Hall–Kier alpha value is -2.03. The number of hydrogen-bond donors (Lipinski definition) is 0. The van der Waals surface area contributed by atoms with Crippen molar-refractivity contribution in [3.63, 3.8) is 0 Å². The lowest BCUT2D eigenvalue weighted by Gasteiger charge is -2.05. The van der Waals surface area contributed by atoms with Gasteiger partial charge in [-0.2, -0.15) is 0 Å². The maximum Gasteiger partial charge on any atom is 0.363 e. The lowest BCUT2D eigenvalue weighted by molar-refractivity contribution is -0.389. The summed E-state index contributed by atoms with van der Waals surface area (Å²) in [5, 5.41) is 22.5. The predicted molar refractivity (Wildman–Crippen MR) is 63.2 cm³/mol. The molecule has 9 heteroatoms. The first kappa shape index (κ1) is 12.4. The first-order chi connectivity index (χ1) is 8.58. The summed E-state index contributed by atoms with van der Waals surface area (Å²) in [6, 6.07) is 3.12. The van der Waals surface area contributed by atoms with Crippen LogP contribution in [-0.4, -0.2) is 30.1 Å². The predicted octanol–water partition coefficient (Wildman–Crippen LogP) is 1.71. The van der Waals surface area contributed by atoms with Gasteiger partial charge in [0, 0.05) is 6.07 Å². The van der Waals surface area contributed by atoms with Crippen LogP contribution in [0.3, 0.4) is 0 Å². The van der Waals surface area contributed by atoms with Crippen molar-refractivity contribution in [1.82, 2.24) is 25.2 Å². The molecule has 0 bridgehead atoms. The van der Waals surface area contributed by atoms with Gasteiger partial charge in [0.2, 0.25) is 5.16 Å². The van der Waals surface area contributed by atoms with Gasteiger partial charge in [-0.3, -0.25) is 0 Å². The Balaban J connectivity index is 2.18. The van der Waals surface area contributed by atoms with E-state index in [1.54, 1.807) is 10.7 Å². The maximum atomic E-state index is 10.5. The number of rotatable bonds is 4. The first-order valence-electron chi connectivity index (χ1n) is 5.14. The minimum atomic E-state index is -0.535. The molecule has 0 radical (unpaired) electrons. The van der Waals surface area contributed by atoms with Gasteiger partial charge >= 0.3 is 5.82 Å². The molecule has 0 aromatic carbocycles. The minimum Gasteiger partial charge on any atom is -0.358 e. The summed E-state index contributed by atoms with van der Waals surface area (Å²) in [6.45, 7) is 3.93. The Kier molecular flexibility index (Phi) is 3.51. The third kappa shape index (κ3) is 2.62. The number of pyridine rings is 1. The Morgan fingerprint density at radius 1 is 1.44 bits per heavy atom. The lowest BCUT2D eigenvalue weighted by Crippen LogP contribution is -2.04. The van der Waals surface area contributed by atoms with Crippen molar-refractivity contribution in [3.05, 3.63) is 28.4 Å². The van der Waals surface area contributed by atoms with E-state index in [4.69, 9.17) is 0 Å². The highest BCUT2D eigenvalue weighted by molar-refractivity contribution is 7.99. The molecule has 0 saturated heterocycles. The van der Waals surface area contributed by atoms with Crippen molar-refractivity contribution in [2.24, 2.45) is 0 Å². The number of nitrogens with zero attached hydrogens (tertiary/aromatic N) is 6. The Morgan fingerprint density at radius 3 is 2.78 bits per heavy atom. The van der Waals surface area contributed by atoms with Crippen molar-refractivity contribution in [3.8, 4) is 0 Å². The number of hydrogen-bond acceptors (Lipinski definition) is 7. The zero-order valence-corrected chi connectivity index (χ0v) is 10.5. The van der Waals surface area contributed by atoms with E-state index >= 15 is 0 Å². The lowest BCUT2D eigenvalue weighted by atomic mass is 10.4. The topological polar surface area (TPSA) is 99.6 Å². The fraction of sp³-hybridized carbons (Fsp3) is 0.333. The molecule has 94 valence electrons. The third-order valence-corrected chi connectivity index (χ3v) is 3.00. The second-order valence-electron chi connectivity index (χ2n) is 3.71. The third-order valence-electron chi connectivity index (χ3n) is 2.07. The van der Waals surface area contributed by atoms with Crippen LogP contribution in [0, 0.1) is 10.1 Å². The molecule has 0 N–H and O–H groups in total. The number of aromatic nitrogens is 5. The molecule has 0 aliphatic carbocycles. The van der Waals surface area contributed by atoms with E-state index in [2.05, 4.69) is 20.5 Å². The summed E-state index contributed by atoms with van der Waals surface area (Å²) in [6.07, 6.45) is 1.43. The summed E-state index contributed by atoms with van der Waals surface area (Å²) in [5.41, 5.74) is 0. The Morgan fingerprint density at radius 2 is 2.22 bits per heavy atom. The summed E-state index contributed by atoms with van der Waals surface area (Å²) in [7, 11) is 0. The van der Waals surface area contributed by atoms with Crippen molar-refractivity contribution >= 4 is 17.6 Å². The fourth-order valence-corrected chi connectivity index (χ4v) is 2.09. The quantitative estimate of drug-likeness (QED) is 0.613. The average molecular weight is 266 g/mol.